The number of rotatable bonds is 3. The van der Waals surface area contributed by atoms with Gasteiger partial charge in [0.15, 0.2) is 0 Å². The van der Waals surface area contributed by atoms with Crippen LogP contribution in [0.25, 0.3) is 0 Å². The summed E-state index contributed by atoms with van der Waals surface area (Å²) in [5.74, 6) is -0.298. The fourth-order valence-electron chi connectivity index (χ4n) is 2.25. The lowest BCUT2D eigenvalue weighted by Gasteiger charge is -2.13. The van der Waals surface area contributed by atoms with Crippen LogP contribution < -0.4 is 5.32 Å². The van der Waals surface area contributed by atoms with Gasteiger partial charge in [0.05, 0.1) is 10.7 Å². The molecule has 1 heterocycles. The first-order valence-corrected chi connectivity index (χ1v) is 7.42. The second kappa shape index (κ2) is 5.43. The van der Waals surface area contributed by atoms with E-state index in [0.717, 1.165) is 6.42 Å². The van der Waals surface area contributed by atoms with Gasteiger partial charge in [-0.05, 0) is 30.2 Å². The SMILES string of the molecule is Fc1cccc(Cl)c1NCC1Cc2ccccc2S1. The van der Waals surface area contributed by atoms with Gasteiger partial charge in [-0.1, -0.05) is 35.9 Å². The molecule has 0 fully saturated rings. The fraction of sp³-hybridized carbons (Fsp3) is 0.200. The number of halogens is 2. The minimum atomic E-state index is -0.298. The van der Waals surface area contributed by atoms with Crippen molar-refractivity contribution in [1.82, 2.24) is 0 Å². The van der Waals surface area contributed by atoms with E-state index >= 15 is 0 Å². The second-order valence-electron chi connectivity index (χ2n) is 4.53. The fourth-order valence-corrected chi connectivity index (χ4v) is 3.73. The average Bonchev–Trinajstić information content (AvgIpc) is 2.81. The van der Waals surface area contributed by atoms with Crippen molar-refractivity contribution in [2.45, 2.75) is 16.6 Å². The zero-order valence-corrected chi connectivity index (χ0v) is 11.8. The number of para-hydroxylation sites is 1. The van der Waals surface area contributed by atoms with Crippen molar-refractivity contribution in [1.29, 1.82) is 0 Å². The van der Waals surface area contributed by atoms with Gasteiger partial charge >= 0.3 is 0 Å². The summed E-state index contributed by atoms with van der Waals surface area (Å²) >= 11 is 7.83. The summed E-state index contributed by atoms with van der Waals surface area (Å²) in [6.07, 6.45) is 1.01. The zero-order chi connectivity index (χ0) is 13.2. The molecule has 4 heteroatoms. The molecule has 1 unspecified atom stereocenters. The third-order valence-electron chi connectivity index (χ3n) is 3.18. The molecule has 1 N–H and O–H groups in total. The second-order valence-corrected chi connectivity index (χ2v) is 6.28. The van der Waals surface area contributed by atoms with Gasteiger partial charge in [0.25, 0.3) is 0 Å². The molecule has 1 atom stereocenters. The molecular weight excluding hydrogens is 281 g/mol. The maximum atomic E-state index is 13.6. The van der Waals surface area contributed by atoms with Crippen LogP contribution in [0.2, 0.25) is 5.02 Å². The molecule has 0 saturated heterocycles. The van der Waals surface area contributed by atoms with Crippen LogP contribution in [-0.4, -0.2) is 11.8 Å². The summed E-state index contributed by atoms with van der Waals surface area (Å²) in [5.41, 5.74) is 1.78. The van der Waals surface area contributed by atoms with Crippen molar-refractivity contribution in [3.05, 3.63) is 58.9 Å². The number of fused-ring (bicyclic) bond motifs is 1. The summed E-state index contributed by atoms with van der Waals surface area (Å²) in [5, 5.41) is 3.99. The molecule has 3 rings (SSSR count). The molecule has 0 spiro atoms. The smallest absolute Gasteiger partial charge is 0.147 e. The molecule has 1 aliphatic rings. The van der Waals surface area contributed by atoms with Crippen molar-refractivity contribution < 1.29 is 4.39 Å². The molecule has 2 aromatic carbocycles. The first-order valence-electron chi connectivity index (χ1n) is 6.16. The van der Waals surface area contributed by atoms with Crippen molar-refractivity contribution in [2.75, 3.05) is 11.9 Å². The largest absolute Gasteiger partial charge is 0.380 e. The highest BCUT2D eigenvalue weighted by atomic mass is 35.5. The minimum absolute atomic E-state index is 0.298. The molecule has 0 amide bonds. The number of hydrogen-bond donors (Lipinski definition) is 1. The summed E-state index contributed by atoms with van der Waals surface area (Å²) in [4.78, 5) is 1.33. The number of thioether (sulfide) groups is 1. The molecule has 1 aliphatic heterocycles. The lowest BCUT2D eigenvalue weighted by molar-refractivity contribution is 0.630. The third-order valence-corrected chi connectivity index (χ3v) is 4.82. The van der Waals surface area contributed by atoms with E-state index in [1.807, 2.05) is 11.8 Å². The molecule has 0 saturated carbocycles. The van der Waals surface area contributed by atoms with E-state index in [9.17, 15) is 4.39 Å². The Balaban J connectivity index is 1.66. The molecule has 2 aromatic rings. The molecule has 0 bridgehead atoms. The molecule has 19 heavy (non-hydrogen) atoms. The normalized spacial score (nSPS) is 17.3. The van der Waals surface area contributed by atoms with Gasteiger partial charge in [0.1, 0.15) is 5.82 Å². The zero-order valence-electron chi connectivity index (χ0n) is 10.2. The van der Waals surface area contributed by atoms with Gasteiger partial charge in [-0.15, -0.1) is 11.8 Å². The summed E-state index contributed by atoms with van der Waals surface area (Å²) in [7, 11) is 0. The Hall–Kier alpha value is -1.19. The van der Waals surface area contributed by atoms with Crippen molar-refractivity contribution in [3.8, 4) is 0 Å². The molecular formula is C15H13ClFNS. The molecule has 0 aromatic heterocycles. The van der Waals surface area contributed by atoms with Crippen molar-refractivity contribution in [2.24, 2.45) is 0 Å². The Bertz CT molecular complexity index is 557. The summed E-state index contributed by atoms with van der Waals surface area (Å²) in [6, 6.07) is 13.1. The Morgan fingerprint density at radius 2 is 2.05 bits per heavy atom. The minimum Gasteiger partial charge on any atom is -0.380 e. The number of nitrogens with one attached hydrogen (secondary N) is 1. The van der Waals surface area contributed by atoms with Crippen LogP contribution in [0.4, 0.5) is 10.1 Å². The van der Waals surface area contributed by atoms with Crippen LogP contribution in [0.3, 0.4) is 0 Å². The van der Waals surface area contributed by atoms with Gasteiger partial charge in [0, 0.05) is 16.7 Å². The van der Waals surface area contributed by atoms with Crippen LogP contribution in [0.15, 0.2) is 47.4 Å². The lowest BCUT2D eigenvalue weighted by Crippen LogP contribution is -2.16. The Labute approximate surface area is 121 Å². The van der Waals surface area contributed by atoms with E-state index in [1.54, 1.807) is 12.1 Å². The monoisotopic (exact) mass is 293 g/mol. The molecule has 1 nitrogen and oxygen atoms in total. The Morgan fingerprint density at radius 1 is 1.21 bits per heavy atom. The van der Waals surface area contributed by atoms with E-state index in [1.165, 1.54) is 16.5 Å². The van der Waals surface area contributed by atoms with Gasteiger partial charge < -0.3 is 5.32 Å². The lowest BCUT2D eigenvalue weighted by atomic mass is 10.1. The Kier molecular flexibility index (Phi) is 3.67. The summed E-state index contributed by atoms with van der Waals surface area (Å²) in [6.45, 7) is 0.708. The highest BCUT2D eigenvalue weighted by molar-refractivity contribution is 8.00. The highest BCUT2D eigenvalue weighted by Crippen LogP contribution is 2.37. The van der Waals surface area contributed by atoms with Crippen LogP contribution in [0.1, 0.15) is 5.56 Å². The highest BCUT2D eigenvalue weighted by Gasteiger charge is 2.22. The van der Waals surface area contributed by atoms with Crippen LogP contribution >= 0.6 is 23.4 Å². The van der Waals surface area contributed by atoms with Crippen LogP contribution in [-0.2, 0) is 6.42 Å². The van der Waals surface area contributed by atoms with E-state index < -0.39 is 0 Å². The Morgan fingerprint density at radius 3 is 2.84 bits per heavy atom. The van der Waals surface area contributed by atoms with Gasteiger partial charge in [-0.3, -0.25) is 0 Å². The number of hydrogen-bond acceptors (Lipinski definition) is 2. The average molecular weight is 294 g/mol. The number of benzene rings is 2. The van der Waals surface area contributed by atoms with E-state index in [4.69, 9.17) is 11.6 Å². The first-order chi connectivity index (χ1) is 9.24. The predicted octanol–water partition coefficient (Wildman–Crippen LogP) is 4.61. The van der Waals surface area contributed by atoms with Gasteiger partial charge in [0.2, 0.25) is 0 Å². The molecule has 0 aliphatic carbocycles. The van der Waals surface area contributed by atoms with Crippen LogP contribution in [0.5, 0.6) is 0 Å². The maximum Gasteiger partial charge on any atom is 0.147 e. The molecule has 98 valence electrons. The standard InChI is InChI=1S/C15H13ClFNS/c16-12-5-3-6-13(17)15(12)18-9-11-8-10-4-1-2-7-14(10)19-11/h1-7,11,18H,8-9H2. The third kappa shape index (κ3) is 2.72. The quantitative estimate of drug-likeness (QED) is 0.887. The van der Waals surface area contributed by atoms with Gasteiger partial charge in [-0.25, -0.2) is 4.39 Å². The first kappa shape index (κ1) is 12.8. The van der Waals surface area contributed by atoms with E-state index in [2.05, 4.69) is 29.6 Å². The number of anilines is 1. The molecule has 0 radical (unpaired) electrons. The predicted molar refractivity (Wildman–Crippen MR) is 79.7 cm³/mol. The summed E-state index contributed by atoms with van der Waals surface area (Å²) < 4.78 is 13.6. The van der Waals surface area contributed by atoms with Crippen molar-refractivity contribution in [3.63, 3.8) is 0 Å². The van der Waals surface area contributed by atoms with Crippen molar-refractivity contribution >= 4 is 29.1 Å². The van der Waals surface area contributed by atoms with E-state index in [0.29, 0.717) is 22.5 Å². The maximum absolute atomic E-state index is 13.6. The van der Waals surface area contributed by atoms with Gasteiger partial charge in [-0.2, -0.15) is 0 Å². The van der Waals surface area contributed by atoms with E-state index in [-0.39, 0.29) is 5.82 Å². The van der Waals surface area contributed by atoms with Crippen LogP contribution in [0, 0.1) is 5.82 Å². The topological polar surface area (TPSA) is 12.0 Å².